The Labute approximate surface area is 122 Å². The molecule has 0 aliphatic rings. The zero-order valence-electron chi connectivity index (χ0n) is 10.7. The minimum Gasteiger partial charge on any atom is -0.288 e. The van der Waals surface area contributed by atoms with Crippen molar-refractivity contribution in [1.29, 1.82) is 0 Å². The highest BCUT2D eigenvalue weighted by Crippen LogP contribution is 2.24. The van der Waals surface area contributed by atoms with Crippen LogP contribution in [0.4, 0.5) is 11.6 Å². The molecule has 0 radical (unpaired) electrons. The monoisotopic (exact) mass is 308 g/mol. The molecule has 0 saturated heterocycles. The van der Waals surface area contributed by atoms with Gasteiger partial charge < -0.3 is 0 Å². The summed E-state index contributed by atoms with van der Waals surface area (Å²) in [4.78, 5) is 23.9. The van der Waals surface area contributed by atoms with E-state index in [0.29, 0.717) is 5.56 Å². The summed E-state index contributed by atoms with van der Waals surface area (Å²) >= 11 is 5.69. The highest BCUT2D eigenvalue weighted by molar-refractivity contribution is 6.32. The number of aromatic amines is 1. The van der Waals surface area contributed by atoms with Crippen molar-refractivity contribution in [2.75, 3.05) is 5.43 Å². The predicted molar refractivity (Wildman–Crippen MR) is 76.7 cm³/mol. The van der Waals surface area contributed by atoms with E-state index in [9.17, 15) is 14.9 Å². The molecule has 0 amide bonds. The van der Waals surface area contributed by atoms with Crippen LogP contribution >= 0.6 is 11.6 Å². The molecule has 0 saturated carbocycles. The lowest BCUT2D eigenvalue weighted by molar-refractivity contribution is -0.384. The molecule has 0 aliphatic carbocycles. The third-order valence-electron chi connectivity index (χ3n) is 2.41. The standard InChI is InChI=1S/C11H9ClN6O3/c1-6-10(19)14-11(17-15-6)16-13-5-7-2-3-8(12)9(4-7)18(20)21/h2-5H,1H3,(H2,14,16,17,19). The molecular formula is C11H9ClN6O3. The fourth-order valence-electron chi connectivity index (χ4n) is 1.36. The summed E-state index contributed by atoms with van der Waals surface area (Å²) < 4.78 is 0. The second-order valence-corrected chi connectivity index (χ2v) is 4.33. The summed E-state index contributed by atoms with van der Waals surface area (Å²) in [5.41, 5.74) is 2.55. The smallest absolute Gasteiger partial charge is 0.288 e. The number of hydrogen-bond donors (Lipinski definition) is 2. The van der Waals surface area contributed by atoms with Crippen molar-refractivity contribution in [3.05, 3.63) is 54.9 Å². The van der Waals surface area contributed by atoms with Crippen LogP contribution in [0.5, 0.6) is 0 Å². The lowest BCUT2D eigenvalue weighted by atomic mass is 10.2. The number of rotatable bonds is 4. The van der Waals surface area contributed by atoms with Gasteiger partial charge in [0, 0.05) is 11.6 Å². The fraction of sp³-hybridized carbons (Fsp3) is 0.0909. The zero-order valence-corrected chi connectivity index (χ0v) is 11.5. The Kier molecular flexibility index (Phi) is 4.24. The summed E-state index contributed by atoms with van der Waals surface area (Å²) in [7, 11) is 0. The fourth-order valence-corrected chi connectivity index (χ4v) is 1.55. The molecule has 108 valence electrons. The normalized spacial score (nSPS) is 10.8. The summed E-state index contributed by atoms with van der Waals surface area (Å²) in [5, 5.41) is 21.9. The summed E-state index contributed by atoms with van der Waals surface area (Å²) in [6.45, 7) is 1.52. The maximum absolute atomic E-state index is 11.3. The second-order valence-electron chi connectivity index (χ2n) is 3.93. The van der Waals surface area contributed by atoms with Gasteiger partial charge in [-0.2, -0.15) is 5.10 Å². The lowest BCUT2D eigenvalue weighted by Gasteiger charge is -1.99. The van der Waals surface area contributed by atoms with Gasteiger partial charge >= 0.3 is 0 Å². The maximum atomic E-state index is 11.3. The summed E-state index contributed by atoms with van der Waals surface area (Å²) in [5.74, 6) is 0.0605. The molecule has 2 aromatic rings. The van der Waals surface area contributed by atoms with E-state index in [0.717, 1.165) is 0 Å². The number of aryl methyl sites for hydroxylation is 1. The Morgan fingerprint density at radius 1 is 1.48 bits per heavy atom. The van der Waals surface area contributed by atoms with Crippen LogP contribution in [0.1, 0.15) is 11.3 Å². The Morgan fingerprint density at radius 3 is 2.90 bits per heavy atom. The first-order chi connectivity index (χ1) is 9.97. The van der Waals surface area contributed by atoms with E-state index >= 15 is 0 Å². The third-order valence-corrected chi connectivity index (χ3v) is 2.73. The van der Waals surface area contributed by atoms with E-state index in [1.807, 2.05) is 0 Å². The van der Waals surface area contributed by atoms with E-state index in [4.69, 9.17) is 11.6 Å². The van der Waals surface area contributed by atoms with Crippen molar-refractivity contribution < 1.29 is 4.92 Å². The first-order valence-corrected chi connectivity index (χ1v) is 6.02. The van der Waals surface area contributed by atoms with Gasteiger partial charge in [0.2, 0.25) is 5.95 Å². The molecule has 0 aliphatic heterocycles. The SMILES string of the molecule is Cc1nnc(NN=Cc2ccc(Cl)c([N+](=O)[O-])c2)[nH]c1=O. The van der Waals surface area contributed by atoms with Gasteiger partial charge in [0.25, 0.3) is 11.2 Å². The van der Waals surface area contributed by atoms with Crippen LogP contribution in [0.2, 0.25) is 5.02 Å². The first kappa shape index (κ1) is 14.6. The van der Waals surface area contributed by atoms with E-state index in [-0.39, 0.29) is 27.9 Å². The van der Waals surface area contributed by atoms with Gasteiger partial charge in [0.1, 0.15) is 10.7 Å². The van der Waals surface area contributed by atoms with Crippen LogP contribution < -0.4 is 11.0 Å². The molecule has 1 aromatic heterocycles. The van der Waals surface area contributed by atoms with Gasteiger partial charge in [0.15, 0.2) is 0 Å². The van der Waals surface area contributed by atoms with Crippen molar-refractivity contribution in [3.63, 3.8) is 0 Å². The van der Waals surface area contributed by atoms with Gasteiger partial charge in [-0.05, 0) is 13.0 Å². The van der Waals surface area contributed by atoms with E-state index in [1.165, 1.54) is 25.3 Å². The van der Waals surface area contributed by atoms with Gasteiger partial charge in [-0.25, -0.2) is 5.43 Å². The van der Waals surface area contributed by atoms with Gasteiger partial charge in [0.05, 0.1) is 11.1 Å². The van der Waals surface area contributed by atoms with Crippen LogP contribution in [0.15, 0.2) is 28.1 Å². The van der Waals surface area contributed by atoms with Crippen LogP contribution in [-0.2, 0) is 0 Å². The second kappa shape index (κ2) is 6.09. The predicted octanol–water partition coefficient (Wildman–Crippen LogP) is 1.48. The average molecular weight is 309 g/mol. The lowest BCUT2D eigenvalue weighted by Crippen LogP contribution is -2.15. The van der Waals surface area contributed by atoms with Gasteiger partial charge in [-0.15, -0.1) is 10.2 Å². The summed E-state index contributed by atoms with van der Waals surface area (Å²) in [6.07, 6.45) is 1.32. The molecule has 10 heteroatoms. The number of aromatic nitrogens is 3. The Bertz CT molecular complexity index is 773. The first-order valence-electron chi connectivity index (χ1n) is 5.64. The molecule has 1 heterocycles. The molecular weight excluding hydrogens is 300 g/mol. The molecule has 0 atom stereocenters. The van der Waals surface area contributed by atoms with E-state index < -0.39 is 4.92 Å². The number of nitro benzene ring substituents is 1. The number of benzene rings is 1. The molecule has 2 N–H and O–H groups in total. The molecule has 1 aromatic carbocycles. The van der Waals surface area contributed by atoms with Crippen LogP contribution in [-0.4, -0.2) is 26.3 Å². The molecule has 0 unspecified atom stereocenters. The molecule has 21 heavy (non-hydrogen) atoms. The van der Waals surface area contributed by atoms with Crippen molar-refractivity contribution in [3.8, 4) is 0 Å². The van der Waals surface area contributed by atoms with Crippen molar-refractivity contribution in [2.24, 2.45) is 5.10 Å². The Balaban J connectivity index is 2.14. The number of anilines is 1. The zero-order chi connectivity index (χ0) is 15.4. The maximum Gasteiger partial charge on any atom is 0.288 e. The number of nitro groups is 1. The Hall–Kier alpha value is -2.81. The van der Waals surface area contributed by atoms with Crippen molar-refractivity contribution >= 4 is 29.5 Å². The number of nitrogens with zero attached hydrogens (tertiary/aromatic N) is 4. The van der Waals surface area contributed by atoms with Crippen LogP contribution in [0.25, 0.3) is 0 Å². The van der Waals surface area contributed by atoms with Crippen molar-refractivity contribution in [2.45, 2.75) is 6.92 Å². The molecule has 9 nitrogen and oxygen atoms in total. The number of H-pyrrole nitrogens is 1. The number of halogens is 1. The topological polar surface area (TPSA) is 126 Å². The minimum atomic E-state index is -0.587. The van der Waals surface area contributed by atoms with E-state index in [1.54, 1.807) is 6.07 Å². The quantitative estimate of drug-likeness (QED) is 0.500. The number of hydrazone groups is 1. The van der Waals surface area contributed by atoms with Crippen LogP contribution in [0.3, 0.4) is 0 Å². The molecule has 0 spiro atoms. The molecule has 2 rings (SSSR count). The molecule has 0 bridgehead atoms. The number of nitrogens with one attached hydrogen (secondary N) is 2. The highest BCUT2D eigenvalue weighted by atomic mass is 35.5. The number of hydrogen-bond acceptors (Lipinski definition) is 7. The largest absolute Gasteiger partial charge is 0.288 e. The third kappa shape index (κ3) is 3.60. The molecule has 0 fully saturated rings. The summed E-state index contributed by atoms with van der Waals surface area (Å²) in [6, 6.07) is 4.23. The Morgan fingerprint density at radius 2 is 2.24 bits per heavy atom. The highest BCUT2D eigenvalue weighted by Gasteiger charge is 2.11. The van der Waals surface area contributed by atoms with Crippen molar-refractivity contribution in [1.82, 2.24) is 15.2 Å². The average Bonchev–Trinajstić information content (AvgIpc) is 2.44. The van der Waals surface area contributed by atoms with E-state index in [2.05, 4.69) is 25.7 Å². The minimum absolute atomic E-state index is 0.0406. The van der Waals surface area contributed by atoms with Crippen LogP contribution in [0, 0.1) is 17.0 Å². The van der Waals surface area contributed by atoms with Gasteiger partial charge in [-0.1, -0.05) is 17.7 Å². The van der Waals surface area contributed by atoms with Gasteiger partial charge in [-0.3, -0.25) is 19.9 Å².